The maximum atomic E-state index is 13.1. The summed E-state index contributed by atoms with van der Waals surface area (Å²) in [5.74, 6) is -0.111. The van der Waals surface area contributed by atoms with Gasteiger partial charge < -0.3 is 14.8 Å². The van der Waals surface area contributed by atoms with Crippen molar-refractivity contribution in [1.82, 2.24) is 5.32 Å². The van der Waals surface area contributed by atoms with Crippen molar-refractivity contribution in [2.75, 3.05) is 20.3 Å². The lowest BCUT2D eigenvalue weighted by Gasteiger charge is -2.16. The Labute approximate surface area is 122 Å². The second kappa shape index (κ2) is 7.13. The fraction of sp³-hybridized carbons (Fsp3) is 0.600. The number of halogens is 3. The van der Waals surface area contributed by atoms with Crippen molar-refractivity contribution in [1.29, 1.82) is 0 Å². The van der Waals surface area contributed by atoms with Crippen LogP contribution < -0.4 is 10.1 Å². The van der Waals surface area contributed by atoms with Crippen molar-refractivity contribution >= 4 is 0 Å². The van der Waals surface area contributed by atoms with Crippen LogP contribution >= 0.6 is 0 Å². The molecule has 3 nitrogen and oxygen atoms in total. The third kappa shape index (κ3) is 4.61. The smallest absolute Gasteiger partial charge is 0.419 e. The molecule has 1 heterocycles. The molecule has 1 fully saturated rings. The molecule has 0 aromatic heterocycles. The molecular weight excluding hydrogens is 283 g/mol. The predicted molar refractivity (Wildman–Crippen MR) is 73.3 cm³/mol. The van der Waals surface area contributed by atoms with Crippen molar-refractivity contribution in [3.8, 4) is 5.75 Å². The van der Waals surface area contributed by atoms with Gasteiger partial charge in [0.2, 0.25) is 0 Å². The largest absolute Gasteiger partial charge is 0.493 e. The lowest BCUT2D eigenvalue weighted by Crippen LogP contribution is -2.14. The Morgan fingerprint density at radius 1 is 1.38 bits per heavy atom. The molecule has 21 heavy (non-hydrogen) atoms. The number of benzene rings is 1. The van der Waals surface area contributed by atoms with E-state index < -0.39 is 11.7 Å². The van der Waals surface area contributed by atoms with Crippen LogP contribution in [0.15, 0.2) is 18.2 Å². The summed E-state index contributed by atoms with van der Waals surface area (Å²) in [6.07, 6.45) is -1.71. The predicted octanol–water partition coefficient (Wildman–Crippen LogP) is 3.37. The van der Waals surface area contributed by atoms with Crippen molar-refractivity contribution < 1.29 is 22.6 Å². The summed E-state index contributed by atoms with van der Waals surface area (Å²) in [5, 5.41) is 2.84. The summed E-state index contributed by atoms with van der Waals surface area (Å²) < 4.78 is 50.0. The highest BCUT2D eigenvalue weighted by Crippen LogP contribution is 2.37. The molecule has 1 aromatic carbocycles. The molecule has 1 aliphatic heterocycles. The minimum atomic E-state index is -4.41. The van der Waals surface area contributed by atoms with Gasteiger partial charge in [-0.05, 0) is 37.6 Å². The summed E-state index contributed by atoms with van der Waals surface area (Å²) in [7, 11) is 1.69. The molecule has 1 atom stereocenters. The third-order valence-electron chi connectivity index (χ3n) is 3.45. The van der Waals surface area contributed by atoms with Gasteiger partial charge >= 0.3 is 6.18 Å². The normalized spacial score (nSPS) is 19.0. The van der Waals surface area contributed by atoms with Gasteiger partial charge in [0.15, 0.2) is 0 Å². The highest BCUT2D eigenvalue weighted by atomic mass is 19.4. The first-order valence-corrected chi connectivity index (χ1v) is 7.10. The van der Waals surface area contributed by atoms with Gasteiger partial charge in [-0.2, -0.15) is 13.2 Å². The monoisotopic (exact) mass is 303 g/mol. The maximum Gasteiger partial charge on any atom is 0.419 e. The van der Waals surface area contributed by atoms with Gasteiger partial charge in [-0.15, -0.1) is 0 Å². The molecular formula is C15H20F3NO2. The molecule has 1 unspecified atom stereocenters. The number of alkyl halides is 3. The van der Waals surface area contributed by atoms with E-state index in [1.165, 1.54) is 6.07 Å². The second-order valence-electron chi connectivity index (χ2n) is 5.13. The van der Waals surface area contributed by atoms with E-state index in [2.05, 4.69) is 5.32 Å². The molecule has 0 bridgehead atoms. The maximum absolute atomic E-state index is 13.1. The molecule has 118 valence electrons. The van der Waals surface area contributed by atoms with Gasteiger partial charge in [0.05, 0.1) is 18.3 Å². The Bertz CT molecular complexity index is 457. The highest BCUT2D eigenvalue weighted by molar-refractivity contribution is 5.39. The van der Waals surface area contributed by atoms with Crippen LogP contribution in [0, 0.1) is 0 Å². The fourth-order valence-electron chi connectivity index (χ4n) is 2.41. The zero-order valence-corrected chi connectivity index (χ0v) is 12.0. The van der Waals surface area contributed by atoms with Crippen molar-refractivity contribution in [3.63, 3.8) is 0 Å². The quantitative estimate of drug-likeness (QED) is 0.874. The standard InChI is InChI=1S/C15H20F3NO2/c1-19-10-11-4-5-14(13(9-11)15(16,17)18)21-8-6-12-3-2-7-20-12/h4-5,9,12,19H,2-3,6-8,10H2,1H3. The topological polar surface area (TPSA) is 30.5 Å². The average molecular weight is 303 g/mol. The van der Waals surface area contributed by atoms with Crippen LogP contribution in [0.4, 0.5) is 13.2 Å². The Balaban J connectivity index is 2.02. The van der Waals surface area contributed by atoms with E-state index >= 15 is 0 Å². The van der Waals surface area contributed by atoms with Gasteiger partial charge in [0.25, 0.3) is 0 Å². The van der Waals surface area contributed by atoms with Crippen molar-refractivity contribution in [2.24, 2.45) is 0 Å². The van der Waals surface area contributed by atoms with Gasteiger partial charge in [0.1, 0.15) is 5.75 Å². The fourth-order valence-corrected chi connectivity index (χ4v) is 2.41. The van der Waals surface area contributed by atoms with E-state index in [-0.39, 0.29) is 18.5 Å². The van der Waals surface area contributed by atoms with Crippen LogP contribution in [-0.2, 0) is 17.5 Å². The molecule has 1 N–H and O–H groups in total. The van der Waals surface area contributed by atoms with Crippen molar-refractivity contribution in [3.05, 3.63) is 29.3 Å². The molecule has 1 aromatic rings. The van der Waals surface area contributed by atoms with E-state index in [9.17, 15) is 13.2 Å². The molecule has 1 aliphatic rings. The Morgan fingerprint density at radius 2 is 2.19 bits per heavy atom. The molecule has 0 amide bonds. The molecule has 2 rings (SSSR count). The molecule has 1 saturated heterocycles. The van der Waals surface area contributed by atoms with E-state index in [1.807, 2.05) is 0 Å². The Kier molecular flexibility index (Phi) is 5.47. The average Bonchev–Trinajstić information content (AvgIpc) is 2.92. The SMILES string of the molecule is CNCc1ccc(OCCC2CCCO2)c(C(F)(F)F)c1. The first-order chi connectivity index (χ1) is 10.0. The molecule has 0 aliphatic carbocycles. The Morgan fingerprint density at radius 3 is 2.81 bits per heavy atom. The van der Waals surface area contributed by atoms with Gasteiger partial charge in [-0.1, -0.05) is 6.07 Å². The zero-order valence-electron chi connectivity index (χ0n) is 12.0. The lowest BCUT2D eigenvalue weighted by molar-refractivity contribution is -0.139. The van der Waals surface area contributed by atoms with Crippen LogP contribution in [0.2, 0.25) is 0 Å². The van der Waals surface area contributed by atoms with Crippen molar-refractivity contribution in [2.45, 2.75) is 38.1 Å². The third-order valence-corrected chi connectivity index (χ3v) is 3.45. The van der Waals surface area contributed by atoms with Crippen LogP contribution in [0.1, 0.15) is 30.4 Å². The summed E-state index contributed by atoms with van der Waals surface area (Å²) in [5.41, 5.74) is -0.140. The first-order valence-electron chi connectivity index (χ1n) is 7.10. The van der Waals surface area contributed by atoms with Gasteiger partial charge in [-0.25, -0.2) is 0 Å². The van der Waals surface area contributed by atoms with Crippen LogP contribution in [0.3, 0.4) is 0 Å². The number of hydrogen-bond donors (Lipinski definition) is 1. The van der Waals surface area contributed by atoms with E-state index in [0.717, 1.165) is 25.5 Å². The number of nitrogens with one attached hydrogen (secondary N) is 1. The van der Waals surface area contributed by atoms with E-state index in [0.29, 0.717) is 18.5 Å². The molecule has 6 heteroatoms. The van der Waals surface area contributed by atoms with E-state index in [4.69, 9.17) is 9.47 Å². The van der Waals surface area contributed by atoms with E-state index in [1.54, 1.807) is 13.1 Å². The minimum Gasteiger partial charge on any atom is -0.493 e. The van der Waals surface area contributed by atoms with Crippen LogP contribution in [-0.4, -0.2) is 26.4 Å². The summed E-state index contributed by atoms with van der Waals surface area (Å²) in [6, 6.07) is 4.18. The highest BCUT2D eigenvalue weighted by Gasteiger charge is 2.34. The van der Waals surface area contributed by atoms with Crippen LogP contribution in [0.5, 0.6) is 5.75 Å². The molecule has 0 spiro atoms. The number of ether oxygens (including phenoxy) is 2. The Hall–Kier alpha value is -1.27. The number of hydrogen-bond acceptors (Lipinski definition) is 3. The van der Waals surface area contributed by atoms with Crippen LogP contribution in [0.25, 0.3) is 0 Å². The summed E-state index contributed by atoms with van der Waals surface area (Å²) >= 11 is 0. The first kappa shape index (κ1) is 16.1. The van der Waals surface area contributed by atoms with Gasteiger partial charge in [0, 0.05) is 19.6 Å². The second-order valence-corrected chi connectivity index (χ2v) is 5.13. The minimum absolute atomic E-state index is 0.111. The molecule has 0 saturated carbocycles. The molecule has 0 radical (unpaired) electrons. The summed E-state index contributed by atoms with van der Waals surface area (Å²) in [6.45, 7) is 1.36. The van der Waals surface area contributed by atoms with Gasteiger partial charge in [-0.3, -0.25) is 0 Å². The summed E-state index contributed by atoms with van der Waals surface area (Å²) in [4.78, 5) is 0. The number of rotatable bonds is 6. The zero-order chi connectivity index (χ0) is 15.3. The lowest BCUT2D eigenvalue weighted by atomic mass is 10.1.